The fourth-order valence-corrected chi connectivity index (χ4v) is 2.58. The molecule has 10 nitrogen and oxygen atoms in total. The molecule has 0 aliphatic rings. The Labute approximate surface area is 187 Å². The highest BCUT2D eigenvalue weighted by Crippen LogP contribution is 2.18. The van der Waals surface area contributed by atoms with Gasteiger partial charge in [-0.2, -0.15) is 4.98 Å². The summed E-state index contributed by atoms with van der Waals surface area (Å²) in [6.07, 6.45) is 0.634. The number of rotatable bonds is 7. The van der Waals surface area contributed by atoms with Crippen LogP contribution < -0.4 is 10.6 Å². The van der Waals surface area contributed by atoms with Crippen molar-refractivity contribution < 1.29 is 24.2 Å². The summed E-state index contributed by atoms with van der Waals surface area (Å²) in [6, 6.07) is 5.81. The minimum atomic E-state index is -0.679. The normalized spacial score (nSPS) is 12.6. The Morgan fingerprint density at radius 3 is 2.22 bits per heavy atom. The van der Waals surface area contributed by atoms with Crippen LogP contribution in [0.2, 0.25) is 0 Å². The first kappa shape index (κ1) is 24.8. The molecule has 0 unspecified atom stereocenters. The van der Waals surface area contributed by atoms with Gasteiger partial charge in [-0.1, -0.05) is 0 Å². The van der Waals surface area contributed by atoms with Crippen LogP contribution in [0.25, 0.3) is 11.4 Å². The van der Waals surface area contributed by atoms with E-state index in [4.69, 9.17) is 9.47 Å². The first-order valence-electron chi connectivity index (χ1n) is 10.2. The number of hydrogen-bond donors (Lipinski definition) is 3. The number of hydrogen-bond acceptors (Lipinski definition) is 9. The molecule has 0 spiro atoms. The number of phenolic OH excluding ortho intramolecular Hbond substituents is 1. The van der Waals surface area contributed by atoms with Crippen LogP contribution in [0, 0.1) is 0 Å². The second-order valence-electron chi connectivity index (χ2n) is 9.19. The number of carbonyl (C=O) groups excluding carboxylic acids is 2. The molecule has 0 aliphatic carbocycles. The lowest BCUT2D eigenvalue weighted by Crippen LogP contribution is -2.44. The highest BCUT2D eigenvalue weighted by Gasteiger charge is 2.24. The highest BCUT2D eigenvalue weighted by molar-refractivity contribution is 5.73. The lowest BCUT2D eigenvalue weighted by atomic mass is 10.1. The van der Waals surface area contributed by atoms with E-state index in [-0.39, 0.29) is 24.7 Å². The molecule has 0 bridgehead atoms. The van der Waals surface area contributed by atoms with Crippen molar-refractivity contribution in [2.75, 3.05) is 11.9 Å². The Hall–Kier alpha value is -3.43. The van der Waals surface area contributed by atoms with Gasteiger partial charge in [0, 0.05) is 12.1 Å². The predicted molar refractivity (Wildman–Crippen MR) is 119 cm³/mol. The number of amides is 1. The maximum absolute atomic E-state index is 12.3. The Morgan fingerprint density at radius 1 is 1.00 bits per heavy atom. The number of esters is 1. The van der Waals surface area contributed by atoms with Gasteiger partial charge in [0.1, 0.15) is 23.3 Å². The van der Waals surface area contributed by atoms with Crippen LogP contribution >= 0.6 is 0 Å². The molecular formula is C22H31N5O5. The monoisotopic (exact) mass is 445 g/mol. The number of ether oxygens (including phenoxy) is 2. The smallest absolute Gasteiger partial charge is 0.407 e. The molecule has 174 valence electrons. The van der Waals surface area contributed by atoms with Crippen LogP contribution in [0.1, 0.15) is 48.0 Å². The summed E-state index contributed by atoms with van der Waals surface area (Å²) in [5, 5.41) is 15.1. The first-order chi connectivity index (χ1) is 14.8. The summed E-state index contributed by atoms with van der Waals surface area (Å²) in [5.41, 5.74) is -0.625. The zero-order valence-corrected chi connectivity index (χ0v) is 19.3. The van der Waals surface area contributed by atoms with E-state index in [0.29, 0.717) is 11.4 Å². The number of benzene rings is 1. The number of phenols is 1. The van der Waals surface area contributed by atoms with Crippen molar-refractivity contribution in [3.8, 4) is 17.1 Å². The Morgan fingerprint density at radius 2 is 1.62 bits per heavy atom. The quantitative estimate of drug-likeness (QED) is 0.548. The van der Waals surface area contributed by atoms with Crippen LogP contribution in [-0.4, -0.2) is 55.9 Å². The van der Waals surface area contributed by atoms with E-state index in [2.05, 4.69) is 25.6 Å². The van der Waals surface area contributed by atoms with Gasteiger partial charge in [-0.05, 0) is 65.8 Å². The Balaban J connectivity index is 2.09. The number of aromatic nitrogens is 3. The van der Waals surface area contributed by atoms with Gasteiger partial charge in [0.25, 0.3) is 0 Å². The maximum atomic E-state index is 12.3. The van der Waals surface area contributed by atoms with Crippen molar-refractivity contribution in [2.24, 2.45) is 0 Å². The number of nitrogens with zero attached hydrogens (tertiary/aromatic N) is 3. The van der Waals surface area contributed by atoms with Crippen molar-refractivity contribution in [1.29, 1.82) is 0 Å². The summed E-state index contributed by atoms with van der Waals surface area (Å²) < 4.78 is 10.7. The molecule has 1 amide bonds. The molecule has 3 N–H and O–H groups in total. The van der Waals surface area contributed by atoms with Crippen LogP contribution in [0.3, 0.4) is 0 Å². The zero-order valence-electron chi connectivity index (χ0n) is 19.3. The second-order valence-corrected chi connectivity index (χ2v) is 9.19. The Bertz CT molecular complexity index is 890. The summed E-state index contributed by atoms with van der Waals surface area (Å²) in [6.45, 7) is 10.7. The van der Waals surface area contributed by atoms with Gasteiger partial charge in [-0.25, -0.2) is 14.8 Å². The van der Waals surface area contributed by atoms with Gasteiger partial charge in [-0.15, -0.1) is 0 Å². The zero-order chi connectivity index (χ0) is 23.9. The molecular weight excluding hydrogens is 414 g/mol. The van der Waals surface area contributed by atoms with Gasteiger partial charge in [0.2, 0.25) is 5.95 Å². The van der Waals surface area contributed by atoms with Gasteiger partial charge in [-0.3, -0.25) is 4.79 Å². The summed E-state index contributed by atoms with van der Waals surface area (Å²) >= 11 is 0. The molecule has 2 rings (SSSR count). The van der Waals surface area contributed by atoms with Crippen molar-refractivity contribution in [3.05, 3.63) is 30.6 Å². The SMILES string of the molecule is CC(C)(C)OC(=O)C[C@@H](CNc1ncnc(-c2ccc(O)cc2)n1)NC(=O)OC(C)(C)C. The summed E-state index contributed by atoms with van der Waals surface area (Å²) in [4.78, 5) is 37.1. The van der Waals surface area contributed by atoms with E-state index < -0.39 is 29.3 Å². The van der Waals surface area contributed by atoms with E-state index in [0.717, 1.165) is 0 Å². The molecule has 0 aliphatic heterocycles. The molecule has 10 heteroatoms. The second kappa shape index (κ2) is 10.3. The predicted octanol–water partition coefficient (Wildman–Crippen LogP) is 3.28. The molecule has 0 saturated heterocycles. The summed E-state index contributed by atoms with van der Waals surface area (Å²) in [5.74, 6) is 0.356. The van der Waals surface area contributed by atoms with Crippen molar-refractivity contribution in [3.63, 3.8) is 0 Å². The lowest BCUT2D eigenvalue weighted by Gasteiger charge is -2.25. The average Bonchev–Trinajstić information content (AvgIpc) is 2.64. The van der Waals surface area contributed by atoms with Crippen molar-refractivity contribution in [2.45, 2.75) is 65.2 Å². The fourth-order valence-electron chi connectivity index (χ4n) is 2.58. The number of aromatic hydroxyl groups is 1. The average molecular weight is 446 g/mol. The maximum Gasteiger partial charge on any atom is 0.407 e. The molecule has 1 heterocycles. The van der Waals surface area contributed by atoms with E-state index >= 15 is 0 Å². The van der Waals surface area contributed by atoms with Crippen LogP contribution in [0.4, 0.5) is 10.7 Å². The third-order valence-corrected chi connectivity index (χ3v) is 3.76. The molecule has 0 fully saturated rings. The Kier molecular flexibility index (Phi) is 7.96. The van der Waals surface area contributed by atoms with E-state index in [9.17, 15) is 14.7 Å². The number of alkyl carbamates (subject to hydrolysis) is 1. The van der Waals surface area contributed by atoms with E-state index in [1.807, 2.05) is 0 Å². The molecule has 1 aromatic heterocycles. The number of anilines is 1. The fraction of sp³-hybridized carbons (Fsp3) is 0.500. The van der Waals surface area contributed by atoms with Gasteiger partial charge in [0.05, 0.1) is 12.5 Å². The molecule has 0 saturated carbocycles. The largest absolute Gasteiger partial charge is 0.508 e. The van der Waals surface area contributed by atoms with Gasteiger partial charge in [0.15, 0.2) is 5.82 Å². The van der Waals surface area contributed by atoms with Crippen molar-refractivity contribution >= 4 is 18.0 Å². The first-order valence-corrected chi connectivity index (χ1v) is 10.2. The van der Waals surface area contributed by atoms with Gasteiger partial charge >= 0.3 is 12.1 Å². The van der Waals surface area contributed by atoms with E-state index in [1.165, 1.54) is 18.5 Å². The number of carbonyl (C=O) groups is 2. The van der Waals surface area contributed by atoms with Crippen LogP contribution in [0.5, 0.6) is 5.75 Å². The van der Waals surface area contributed by atoms with Gasteiger partial charge < -0.3 is 25.2 Å². The standard InChI is InChI=1S/C22H31N5O5/c1-21(2,3)31-17(29)11-15(26-20(30)32-22(4,5)6)12-23-19-25-13-24-18(27-19)14-7-9-16(28)10-8-14/h7-10,13,15,28H,11-12H2,1-6H3,(H,26,30)(H,23,24,25,27)/t15-/m0/s1. The molecule has 0 radical (unpaired) electrons. The van der Waals surface area contributed by atoms with Crippen LogP contribution in [0.15, 0.2) is 30.6 Å². The van der Waals surface area contributed by atoms with Crippen LogP contribution in [-0.2, 0) is 14.3 Å². The molecule has 1 aromatic carbocycles. The molecule has 2 aromatic rings. The third kappa shape index (κ3) is 9.15. The van der Waals surface area contributed by atoms with E-state index in [1.54, 1.807) is 53.7 Å². The number of nitrogens with one attached hydrogen (secondary N) is 2. The minimum absolute atomic E-state index is 0.0700. The van der Waals surface area contributed by atoms with Crippen molar-refractivity contribution in [1.82, 2.24) is 20.3 Å². The molecule has 1 atom stereocenters. The summed E-state index contributed by atoms with van der Waals surface area (Å²) in [7, 11) is 0. The third-order valence-electron chi connectivity index (χ3n) is 3.76. The minimum Gasteiger partial charge on any atom is -0.508 e. The molecule has 32 heavy (non-hydrogen) atoms. The topological polar surface area (TPSA) is 136 Å². The highest BCUT2D eigenvalue weighted by atomic mass is 16.6. The lowest BCUT2D eigenvalue weighted by molar-refractivity contribution is -0.155.